The summed E-state index contributed by atoms with van der Waals surface area (Å²) in [6.07, 6.45) is -3.80. The fourth-order valence-electron chi connectivity index (χ4n) is 4.63. The number of hydrogen-bond acceptors (Lipinski definition) is 7. The standard InChI is InChI=1S/C32H24F3N3O6/c33-32(34,35)23-3-1-2-21(14-23)16-38-17-26(18-42-24-8-4-20(15-36)5-9-24)44-27-12-13-37-30(29(27)31(38)41)22-6-10-25(11-7-22)43-19-28(39)40/h1-14,26H,16-19H2,(H,39,40). The zero-order chi connectivity index (χ0) is 31.3. The van der Waals surface area contributed by atoms with Gasteiger partial charge in [0.05, 0.1) is 29.4 Å². The van der Waals surface area contributed by atoms with E-state index in [1.54, 1.807) is 36.4 Å². The first-order chi connectivity index (χ1) is 21.1. The summed E-state index contributed by atoms with van der Waals surface area (Å²) in [5, 5.41) is 17.9. The largest absolute Gasteiger partial charge is 0.490 e. The molecule has 1 unspecified atom stereocenters. The highest BCUT2D eigenvalue weighted by molar-refractivity contribution is 6.02. The van der Waals surface area contributed by atoms with Gasteiger partial charge in [-0.25, -0.2) is 4.79 Å². The molecule has 0 saturated heterocycles. The monoisotopic (exact) mass is 603 g/mol. The number of hydrogen-bond donors (Lipinski definition) is 1. The number of amides is 1. The third-order valence-electron chi connectivity index (χ3n) is 6.67. The second-order valence-electron chi connectivity index (χ2n) is 9.81. The molecule has 3 aromatic carbocycles. The van der Waals surface area contributed by atoms with Crippen LogP contribution in [0, 0.1) is 11.3 Å². The molecule has 9 nitrogen and oxygen atoms in total. The lowest BCUT2D eigenvalue weighted by molar-refractivity contribution is -0.139. The number of fused-ring (bicyclic) bond motifs is 1. The molecule has 1 N–H and O–H groups in total. The second kappa shape index (κ2) is 12.7. The number of benzene rings is 3. The average molecular weight is 604 g/mol. The molecule has 2 heterocycles. The SMILES string of the molecule is N#Cc1ccc(OCC2CN(Cc3cccc(C(F)(F)F)c3)C(=O)c3c(ccnc3-c3ccc(OCC(=O)O)cc3)O2)cc1. The Morgan fingerprint density at radius 3 is 2.43 bits per heavy atom. The molecule has 12 heteroatoms. The number of aliphatic carboxylic acids is 1. The minimum absolute atomic E-state index is 0.00895. The third kappa shape index (κ3) is 7.07. The predicted molar refractivity (Wildman–Crippen MR) is 150 cm³/mol. The lowest BCUT2D eigenvalue weighted by Gasteiger charge is -2.25. The van der Waals surface area contributed by atoms with Crippen molar-refractivity contribution in [3.63, 3.8) is 0 Å². The fraction of sp³-hybridized carbons (Fsp3) is 0.188. The van der Waals surface area contributed by atoms with Crippen molar-refractivity contribution in [3.05, 3.63) is 107 Å². The minimum Gasteiger partial charge on any atom is -0.490 e. The first kappa shape index (κ1) is 29.9. The normalized spacial score (nSPS) is 14.5. The molecule has 1 atom stereocenters. The molecule has 1 amide bonds. The van der Waals surface area contributed by atoms with Gasteiger partial charge in [0, 0.05) is 18.3 Å². The van der Waals surface area contributed by atoms with Gasteiger partial charge in [-0.05, 0) is 72.3 Å². The molecule has 5 rings (SSSR count). The van der Waals surface area contributed by atoms with Crippen molar-refractivity contribution in [2.24, 2.45) is 0 Å². The smallest absolute Gasteiger partial charge is 0.416 e. The van der Waals surface area contributed by atoms with Crippen molar-refractivity contribution < 1.29 is 42.1 Å². The van der Waals surface area contributed by atoms with E-state index in [0.717, 1.165) is 12.1 Å². The number of carbonyl (C=O) groups excluding carboxylic acids is 1. The first-order valence-electron chi connectivity index (χ1n) is 13.3. The number of halogens is 3. The summed E-state index contributed by atoms with van der Waals surface area (Å²) in [4.78, 5) is 30.7. The number of carboxylic acids is 1. The van der Waals surface area contributed by atoms with E-state index in [9.17, 15) is 22.8 Å². The van der Waals surface area contributed by atoms with Crippen LogP contribution in [0.1, 0.15) is 27.0 Å². The highest BCUT2D eigenvalue weighted by Gasteiger charge is 2.34. The van der Waals surface area contributed by atoms with E-state index in [4.69, 9.17) is 24.6 Å². The van der Waals surface area contributed by atoms with E-state index in [2.05, 4.69) is 4.98 Å². The molecule has 4 aromatic rings. The lowest BCUT2D eigenvalue weighted by atomic mass is 10.0. The van der Waals surface area contributed by atoms with Crippen LogP contribution in [0.25, 0.3) is 11.3 Å². The summed E-state index contributed by atoms with van der Waals surface area (Å²) in [7, 11) is 0. The maximum Gasteiger partial charge on any atom is 0.416 e. The van der Waals surface area contributed by atoms with Crippen LogP contribution in [0.4, 0.5) is 13.2 Å². The molecule has 0 fully saturated rings. The highest BCUT2D eigenvalue weighted by atomic mass is 19.4. The molecular formula is C32H24F3N3O6. The number of nitriles is 1. The van der Waals surface area contributed by atoms with Crippen molar-refractivity contribution in [3.8, 4) is 34.6 Å². The molecule has 0 saturated carbocycles. The number of pyridine rings is 1. The van der Waals surface area contributed by atoms with Gasteiger partial charge < -0.3 is 24.2 Å². The summed E-state index contributed by atoms with van der Waals surface area (Å²) in [5.41, 5.74) is 0.777. The van der Waals surface area contributed by atoms with Crippen LogP contribution in [-0.2, 0) is 17.5 Å². The van der Waals surface area contributed by atoms with Gasteiger partial charge in [0.25, 0.3) is 5.91 Å². The van der Waals surface area contributed by atoms with Crippen LogP contribution in [0.2, 0.25) is 0 Å². The molecule has 0 radical (unpaired) electrons. The van der Waals surface area contributed by atoms with Gasteiger partial charge in [0.15, 0.2) is 12.7 Å². The molecule has 0 aliphatic carbocycles. The van der Waals surface area contributed by atoms with Gasteiger partial charge in [0.1, 0.15) is 29.4 Å². The number of nitrogens with zero attached hydrogens (tertiary/aromatic N) is 3. The number of alkyl halides is 3. The van der Waals surface area contributed by atoms with Crippen molar-refractivity contribution in [1.29, 1.82) is 5.26 Å². The van der Waals surface area contributed by atoms with E-state index in [1.165, 1.54) is 41.4 Å². The molecular weight excluding hydrogens is 579 g/mol. The predicted octanol–water partition coefficient (Wildman–Crippen LogP) is 5.58. The Kier molecular flexibility index (Phi) is 8.66. The number of rotatable bonds is 9. The Hall–Kier alpha value is -5.57. The quantitative estimate of drug-likeness (QED) is 0.263. The molecule has 0 spiro atoms. The van der Waals surface area contributed by atoms with Gasteiger partial charge in [-0.15, -0.1) is 0 Å². The summed E-state index contributed by atoms with van der Waals surface area (Å²) in [5.74, 6) is -0.662. The molecule has 1 aliphatic rings. The number of ether oxygens (including phenoxy) is 3. The minimum atomic E-state index is -4.55. The molecule has 1 aromatic heterocycles. The zero-order valence-corrected chi connectivity index (χ0v) is 23.0. The number of carbonyl (C=O) groups is 2. The van der Waals surface area contributed by atoms with Crippen LogP contribution in [0.15, 0.2) is 85.1 Å². The van der Waals surface area contributed by atoms with E-state index < -0.39 is 36.3 Å². The van der Waals surface area contributed by atoms with Crippen molar-refractivity contribution in [1.82, 2.24) is 9.88 Å². The van der Waals surface area contributed by atoms with Crippen molar-refractivity contribution >= 4 is 11.9 Å². The molecule has 0 bridgehead atoms. The van der Waals surface area contributed by atoms with Gasteiger partial charge in [0.2, 0.25) is 0 Å². The summed E-state index contributed by atoms with van der Waals surface area (Å²) in [6, 6.07) is 21.1. The number of aromatic nitrogens is 1. The fourth-order valence-corrected chi connectivity index (χ4v) is 4.63. The van der Waals surface area contributed by atoms with Gasteiger partial charge >= 0.3 is 12.1 Å². The van der Waals surface area contributed by atoms with E-state index in [1.807, 2.05) is 6.07 Å². The maximum absolute atomic E-state index is 14.1. The molecule has 224 valence electrons. The van der Waals surface area contributed by atoms with Gasteiger partial charge in [-0.1, -0.05) is 12.1 Å². The zero-order valence-electron chi connectivity index (χ0n) is 23.0. The topological polar surface area (TPSA) is 122 Å². The Balaban J connectivity index is 1.48. The summed E-state index contributed by atoms with van der Waals surface area (Å²) >= 11 is 0. The van der Waals surface area contributed by atoms with Crippen LogP contribution in [0.5, 0.6) is 17.2 Å². The highest BCUT2D eigenvalue weighted by Crippen LogP contribution is 2.35. The second-order valence-corrected chi connectivity index (χ2v) is 9.81. The van der Waals surface area contributed by atoms with Crippen LogP contribution >= 0.6 is 0 Å². The first-order valence-corrected chi connectivity index (χ1v) is 13.3. The Morgan fingerprint density at radius 1 is 1.05 bits per heavy atom. The third-order valence-corrected chi connectivity index (χ3v) is 6.67. The van der Waals surface area contributed by atoms with Crippen LogP contribution in [-0.4, -0.2) is 52.7 Å². The Bertz CT molecular complexity index is 1700. The van der Waals surface area contributed by atoms with Crippen molar-refractivity contribution in [2.75, 3.05) is 19.8 Å². The molecule has 1 aliphatic heterocycles. The number of carboxylic acid groups (broad SMARTS) is 1. The van der Waals surface area contributed by atoms with E-state index >= 15 is 0 Å². The Labute approximate surface area is 249 Å². The van der Waals surface area contributed by atoms with Gasteiger partial charge in [-0.2, -0.15) is 18.4 Å². The van der Waals surface area contributed by atoms with Crippen LogP contribution in [0.3, 0.4) is 0 Å². The van der Waals surface area contributed by atoms with Crippen LogP contribution < -0.4 is 14.2 Å². The summed E-state index contributed by atoms with van der Waals surface area (Å²) in [6.45, 7) is -0.692. The summed E-state index contributed by atoms with van der Waals surface area (Å²) < 4.78 is 57.6. The van der Waals surface area contributed by atoms with Crippen molar-refractivity contribution in [2.45, 2.75) is 18.8 Å². The van der Waals surface area contributed by atoms with E-state index in [0.29, 0.717) is 22.6 Å². The molecule has 44 heavy (non-hydrogen) atoms. The van der Waals surface area contributed by atoms with E-state index in [-0.39, 0.29) is 42.3 Å². The lowest BCUT2D eigenvalue weighted by Crippen LogP contribution is -2.39. The Morgan fingerprint density at radius 2 is 1.75 bits per heavy atom. The maximum atomic E-state index is 14.1. The average Bonchev–Trinajstić information content (AvgIpc) is 3.15. The van der Waals surface area contributed by atoms with Gasteiger partial charge in [-0.3, -0.25) is 9.78 Å².